The van der Waals surface area contributed by atoms with Gasteiger partial charge in [0.05, 0.1) is 20.0 Å². The SMILES string of the molecule is COC(=O)CSc1nnc(-c2ccc(OC)cc2)n1C(C)C. The van der Waals surface area contributed by atoms with Crippen LogP contribution < -0.4 is 4.74 Å². The van der Waals surface area contributed by atoms with E-state index in [0.29, 0.717) is 5.16 Å². The maximum Gasteiger partial charge on any atom is 0.316 e. The summed E-state index contributed by atoms with van der Waals surface area (Å²) < 4.78 is 11.8. The van der Waals surface area contributed by atoms with Crippen LogP contribution in [0.5, 0.6) is 5.75 Å². The summed E-state index contributed by atoms with van der Waals surface area (Å²) in [6.07, 6.45) is 0. The van der Waals surface area contributed by atoms with Gasteiger partial charge in [-0.3, -0.25) is 9.36 Å². The van der Waals surface area contributed by atoms with Gasteiger partial charge in [0.25, 0.3) is 0 Å². The number of benzene rings is 1. The number of hydrogen-bond donors (Lipinski definition) is 0. The van der Waals surface area contributed by atoms with Crippen molar-refractivity contribution in [3.63, 3.8) is 0 Å². The molecule has 2 rings (SSSR count). The fourth-order valence-corrected chi connectivity index (χ4v) is 2.86. The molecule has 0 atom stereocenters. The number of nitrogens with zero attached hydrogens (tertiary/aromatic N) is 3. The summed E-state index contributed by atoms with van der Waals surface area (Å²) in [6.45, 7) is 4.11. The zero-order chi connectivity index (χ0) is 16.1. The lowest BCUT2D eigenvalue weighted by Crippen LogP contribution is -2.08. The minimum Gasteiger partial charge on any atom is -0.497 e. The number of carbonyl (C=O) groups excluding carboxylic acids is 1. The molecule has 2 aromatic rings. The van der Waals surface area contributed by atoms with Crippen LogP contribution in [0.1, 0.15) is 19.9 Å². The number of esters is 1. The van der Waals surface area contributed by atoms with E-state index in [2.05, 4.69) is 28.8 Å². The largest absolute Gasteiger partial charge is 0.497 e. The van der Waals surface area contributed by atoms with Crippen LogP contribution in [-0.4, -0.2) is 40.7 Å². The minimum atomic E-state index is -0.283. The van der Waals surface area contributed by atoms with E-state index >= 15 is 0 Å². The summed E-state index contributed by atoms with van der Waals surface area (Å²) in [5.74, 6) is 1.49. The molecule has 0 unspecified atom stereocenters. The van der Waals surface area contributed by atoms with E-state index in [-0.39, 0.29) is 17.8 Å². The van der Waals surface area contributed by atoms with Crippen molar-refractivity contribution >= 4 is 17.7 Å². The predicted octanol–water partition coefficient (Wildman–Crippen LogP) is 2.80. The van der Waals surface area contributed by atoms with Crippen LogP contribution in [0.3, 0.4) is 0 Å². The molecule has 7 heteroatoms. The van der Waals surface area contributed by atoms with Crippen molar-refractivity contribution in [2.75, 3.05) is 20.0 Å². The third-order valence-corrected chi connectivity index (χ3v) is 3.99. The van der Waals surface area contributed by atoms with E-state index in [1.54, 1.807) is 7.11 Å². The molecule has 0 radical (unpaired) electrons. The molecule has 0 saturated heterocycles. The number of rotatable bonds is 6. The first-order chi connectivity index (χ1) is 10.6. The van der Waals surface area contributed by atoms with Gasteiger partial charge in [0.1, 0.15) is 5.75 Å². The monoisotopic (exact) mass is 321 g/mol. The van der Waals surface area contributed by atoms with Crippen molar-refractivity contribution in [2.24, 2.45) is 0 Å². The standard InChI is InChI=1S/C15H19N3O3S/c1-10(2)18-14(11-5-7-12(20-3)8-6-11)16-17-15(18)22-9-13(19)21-4/h5-8,10H,9H2,1-4H3. The van der Waals surface area contributed by atoms with E-state index < -0.39 is 0 Å². The molecule has 1 aromatic heterocycles. The summed E-state index contributed by atoms with van der Waals surface area (Å²) >= 11 is 1.32. The minimum absolute atomic E-state index is 0.173. The summed E-state index contributed by atoms with van der Waals surface area (Å²) in [4.78, 5) is 11.3. The van der Waals surface area contributed by atoms with Crippen LogP contribution in [0.15, 0.2) is 29.4 Å². The number of carbonyl (C=O) groups is 1. The van der Waals surface area contributed by atoms with E-state index in [1.165, 1.54) is 18.9 Å². The lowest BCUT2D eigenvalue weighted by atomic mass is 10.2. The topological polar surface area (TPSA) is 66.2 Å². The normalized spacial score (nSPS) is 10.8. The Morgan fingerprint density at radius 1 is 1.23 bits per heavy atom. The van der Waals surface area contributed by atoms with Crippen LogP contribution in [0.2, 0.25) is 0 Å². The van der Waals surface area contributed by atoms with Crippen LogP contribution in [0.4, 0.5) is 0 Å². The highest BCUT2D eigenvalue weighted by atomic mass is 32.2. The molecule has 0 bridgehead atoms. The van der Waals surface area contributed by atoms with Crippen molar-refractivity contribution < 1.29 is 14.3 Å². The highest BCUT2D eigenvalue weighted by Gasteiger charge is 2.17. The fourth-order valence-electron chi connectivity index (χ4n) is 1.96. The molecule has 0 spiro atoms. The molecule has 0 fully saturated rings. The summed E-state index contributed by atoms with van der Waals surface area (Å²) in [7, 11) is 3.01. The Bertz CT molecular complexity index is 638. The van der Waals surface area contributed by atoms with E-state index in [1.807, 2.05) is 28.8 Å². The van der Waals surface area contributed by atoms with E-state index in [4.69, 9.17) is 4.74 Å². The third-order valence-electron chi connectivity index (χ3n) is 3.08. The number of methoxy groups -OCH3 is 2. The summed E-state index contributed by atoms with van der Waals surface area (Å²) in [5.41, 5.74) is 0.951. The maximum atomic E-state index is 11.3. The second kappa shape index (κ2) is 7.31. The number of ether oxygens (including phenoxy) is 2. The summed E-state index contributed by atoms with van der Waals surface area (Å²) in [6, 6.07) is 7.83. The average Bonchev–Trinajstić information content (AvgIpc) is 2.96. The van der Waals surface area contributed by atoms with Gasteiger partial charge in [0.15, 0.2) is 11.0 Å². The Hall–Kier alpha value is -2.02. The van der Waals surface area contributed by atoms with Gasteiger partial charge in [0, 0.05) is 11.6 Å². The first-order valence-corrected chi connectivity index (χ1v) is 7.84. The molecule has 1 aromatic carbocycles. The van der Waals surface area contributed by atoms with Gasteiger partial charge in [-0.2, -0.15) is 0 Å². The molecule has 0 saturated carbocycles. The lowest BCUT2D eigenvalue weighted by Gasteiger charge is -2.13. The Morgan fingerprint density at radius 3 is 2.45 bits per heavy atom. The van der Waals surface area contributed by atoms with Crippen LogP contribution in [0, 0.1) is 0 Å². The molecule has 0 aliphatic carbocycles. The molecule has 0 aliphatic rings. The molecular weight excluding hydrogens is 302 g/mol. The van der Waals surface area contributed by atoms with Crippen LogP contribution >= 0.6 is 11.8 Å². The lowest BCUT2D eigenvalue weighted by molar-refractivity contribution is -0.137. The van der Waals surface area contributed by atoms with Gasteiger partial charge in [0.2, 0.25) is 0 Å². The molecule has 0 N–H and O–H groups in total. The van der Waals surface area contributed by atoms with Crippen molar-refractivity contribution in [3.05, 3.63) is 24.3 Å². The van der Waals surface area contributed by atoms with Gasteiger partial charge >= 0.3 is 5.97 Å². The van der Waals surface area contributed by atoms with Crippen molar-refractivity contribution in [2.45, 2.75) is 25.0 Å². The van der Waals surface area contributed by atoms with Gasteiger partial charge in [-0.05, 0) is 38.1 Å². The molecule has 6 nitrogen and oxygen atoms in total. The van der Waals surface area contributed by atoms with E-state index in [9.17, 15) is 4.79 Å². The Morgan fingerprint density at radius 2 is 1.91 bits per heavy atom. The highest BCUT2D eigenvalue weighted by molar-refractivity contribution is 7.99. The van der Waals surface area contributed by atoms with Gasteiger partial charge in [-0.25, -0.2) is 0 Å². The number of hydrogen-bond acceptors (Lipinski definition) is 6. The highest BCUT2D eigenvalue weighted by Crippen LogP contribution is 2.28. The summed E-state index contributed by atoms with van der Waals surface area (Å²) in [5, 5.41) is 9.17. The van der Waals surface area contributed by atoms with Gasteiger partial charge in [-0.1, -0.05) is 11.8 Å². The van der Waals surface area contributed by atoms with Gasteiger partial charge < -0.3 is 9.47 Å². The molecule has 0 aliphatic heterocycles. The second-order valence-electron chi connectivity index (χ2n) is 4.86. The second-order valence-corrected chi connectivity index (χ2v) is 5.81. The van der Waals surface area contributed by atoms with Crippen molar-refractivity contribution in [1.82, 2.24) is 14.8 Å². The zero-order valence-corrected chi connectivity index (χ0v) is 13.9. The Labute approximate surface area is 133 Å². The first-order valence-electron chi connectivity index (χ1n) is 6.85. The smallest absolute Gasteiger partial charge is 0.316 e. The van der Waals surface area contributed by atoms with Crippen molar-refractivity contribution in [1.29, 1.82) is 0 Å². The molecular formula is C15H19N3O3S. The maximum absolute atomic E-state index is 11.3. The van der Waals surface area contributed by atoms with Crippen LogP contribution in [0.25, 0.3) is 11.4 Å². The Kier molecular flexibility index (Phi) is 5.43. The Balaban J connectivity index is 2.31. The predicted molar refractivity (Wildman–Crippen MR) is 85.1 cm³/mol. The quantitative estimate of drug-likeness (QED) is 0.602. The fraction of sp³-hybridized carbons (Fsp3) is 0.400. The average molecular weight is 321 g/mol. The number of thioether (sulfide) groups is 1. The van der Waals surface area contributed by atoms with Crippen LogP contribution in [-0.2, 0) is 9.53 Å². The third kappa shape index (κ3) is 3.59. The number of aromatic nitrogens is 3. The molecule has 0 amide bonds. The van der Waals surface area contributed by atoms with Crippen molar-refractivity contribution in [3.8, 4) is 17.1 Å². The molecule has 1 heterocycles. The molecule has 118 valence electrons. The van der Waals surface area contributed by atoms with E-state index in [0.717, 1.165) is 17.1 Å². The zero-order valence-electron chi connectivity index (χ0n) is 13.1. The molecule has 22 heavy (non-hydrogen) atoms. The van der Waals surface area contributed by atoms with Gasteiger partial charge in [-0.15, -0.1) is 10.2 Å². The first kappa shape index (κ1) is 16.4.